The Hall–Kier alpha value is -3.59. The Labute approximate surface area is 236 Å². The molecule has 9 nitrogen and oxygen atoms in total. The number of aromatic hydroxyl groups is 1. The predicted molar refractivity (Wildman–Crippen MR) is 153 cm³/mol. The molecule has 1 aliphatic carbocycles. The van der Waals surface area contributed by atoms with E-state index in [4.69, 9.17) is 4.74 Å². The quantitative estimate of drug-likeness (QED) is 0.542. The van der Waals surface area contributed by atoms with E-state index in [9.17, 15) is 19.5 Å². The highest BCUT2D eigenvalue weighted by molar-refractivity contribution is 5.93. The number of likely N-dealkylation sites (N-methyl/N-ethyl adjacent to an activating group) is 2. The lowest BCUT2D eigenvalue weighted by Gasteiger charge is -2.31. The number of rotatable bonds is 3. The number of amides is 3. The monoisotopic (exact) mass is 550 g/mol. The first kappa shape index (κ1) is 29.4. The minimum Gasteiger partial charge on any atom is -0.508 e. The van der Waals surface area contributed by atoms with E-state index in [-0.39, 0.29) is 41.9 Å². The minimum absolute atomic E-state index is 0.132. The molecule has 40 heavy (non-hydrogen) atoms. The second-order valence-corrected chi connectivity index (χ2v) is 11.2. The number of hydrogen-bond acceptors (Lipinski definition) is 6. The summed E-state index contributed by atoms with van der Waals surface area (Å²) in [6.07, 6.45) is 3.49. The average Bonchev–Trinajstić information content (AvgIpc) is 3.78. The van der Waals surface area contributed by atoms with Gasteiger partial charge < -0.3 is 30.3 Å². The summed E-state index contributed by atoms with van der Waals surface area (Å²) >= 11 is 0. The molecule has 3 N–H and O–H groups in total. The Morgan fingerprint density at radius 1 is 0.975 bits per heavy atom. The zero-order valence-corrected chi connectivity index (χ0v) is 23.9. The van der Waals surface area contributed by atoms with Crippen LogP contribution in [0.15, 0.2) is 48.5 Å². The Morgan fingerprint density at radius 2 is 1.68 bits per heavy atom. The van der Waals surface area contributed by atoms with Crippen molar-refractivity contribution >= 4 is 17.7 Å². The molecule has 1 fully saturated rings. The molecule has 0 radical (unpaired) electrons. The maximum atomic E-state index is 13.6. The second-order valence-electron chi connectivity index (χ2n) is 11.2. The lowest BCUT2D eigenvalue weighted by Crippen LogP contribution is -2.57. The van der Waals surface area contributed by atoms with Crippen LogP contribution in [0.1, 0.15) is 44.2 Å². The Kier molecular flexibility index (Phi) is 9.68. The molecule has 2 aromatic rings. The first-order valence-electron chi connectivity index (χ1n) is 14.2. The van der Waals surface area contributed by atoms with Crippen LogP contribution in [0, 0.1) is 5.92 Å². The molecule has 216 valence electrons. The molecule has 0 spiro atoms. The lowest BCUT2D eigenvalue weighted by atomic mass is 10.0. The first-order valence-corrected chi connectivity index (χ1v) is 14.2. The van der Waals surface area contributed by atoms with Crippen LogP contribution in [0.3, 0.4) is 0 Å². The van der Waals surface area contributed by atoms with E-state index in [2.05, 4.69) is 10.6 Å². The largest absolute Gasteiger partial charge is 0.508 e. The van der Waals surface area contributed by atoms with Crippen LogP contribution in [0.25, 0.3) is 0 Å². The summed E-state index contributed by atoms with van der Waals surface area (Å²) in [6.45, 7) is 4.67. The second kappa shape index (κ2) is 13.2. The molecule has 9 heteroatoms. The van der Waals surface area contributed by atoms with E-state index in [1.165, 1.54) is 4.90 Å². The average molecular weight is 551 g/mol. The topological polar surface area (TPSA) is 111 Å². The standard InChI is InChI=1S/C31H42N4O5/c1-20-19-32-28(24-13-14-24)31(39)35(4)21(2)29(37)33-26(18-22-11-15-25(36)16-12-22)30(38)34(3)17-7-9-23-8-5-6-10-27(23)40-20/h5-6,8,10-12,15-16,20-21,24,26,28,32,36H,7,9,13-14,17-19H2,1-4H3,(H,33,37)/t20-,21-,26-,28+/m1/s1. The van der Waals surface area contributed by atoms with Gasteiger partial charge in [-0.05, 0) is 74.8 Å². The van der Waals surface area contributed by atoms with Gasteiger partial charge in [-0.2, -0.15) is 0 Å². The molecule has 1 saturated carbocycles. The number of fused-ring (bicyclic) bond motifs is 1. The number of aryl methyl sites for hydroxylation is 1. The number of benzene rings is 2. The van der Waals surface area contributed by atoms with Gasteiger partial charge in [-0.15, -0.1) is 0 Å². The summed E-state index contributed by atoms with van der Waals surface area (Å²) in [5.74, 6) is 0.434. The number of nitrogens with zero attached hydrogens (tertiary/aromatic N) is 2. The highest BCUT2D eigenvalue weighted by Crippen LogP contribution is 2.33. The summed E-state index contributed by atoms with van der Waals surface area (Å²) in [7, 11) is 3.38. The van der Waals surface area contributed by atoms with Gasteiger partial charge in [0.1, 0.15) is 29.7 Å². The fourth-order valence-corrected chi connectivity index (χ4v) is 5.09. The maximum Gasteiger partial charge on any atom is 0.245 e. The molecular weight excluding hydrogens is 508 g/mol. The van der Waals surface area contributed by atoms with Gasteiger partial charge in [-0.3, -0.25) is 14.4 Å². The third kappa shape index (κ3) is 7.53. The summed E-state index contributed by atoms with van der Waals surface area (Å²) in [5, 5.41) is 16.0. The number of ether oxygens (including phenoxy) is 1. The fraction of sp³-hybridized carbons (Fsp3) is 0.516. The zero-order chi connectivity index (χ0) is 28.8. The molecule has 4 rings (SSSR count). The van der Waals surface area contributed by atoms with Gasteiger partial charge in [-0.1, -0.05) is 30.3 Å². The zero-order valence-electron chi connectivity index (χ0n) is 23.9. The molecule has 0 unspecified atom stereocenters. The molecule has 2 aliphatic rings. The van der Waals surface area contributed by atoms with Crippen molar-refractivity contribution in [3.63, 3.8) is 0 Å². The van der Waals surface area contributed by atoms with Crippen LogP contribution in [-0.2, 0) is 27.2 Å². The van der Waals surface area contributed by atoms with E-state index in [0.29, 0.717) is 13.1 Å². The van der Waals surface area contributed by atoms with Gasteiger partial charge in [0.2, 0.25) is 17.7 Å². The number of phenolic OH excluding ortho intramolecular Hbond substituents is 1. The van der Waals surface area contributed by atoms with Crippen molar-refractivity contribution in [3.05, 3.63) is 59.7 Å². The third-order valence-corrected chi connectivity index (χ3v) is 7.90. The smallest absolute Gasteiger partial charge is 0.245 e. The summed E-state index contributed by atoms with van der Waals surface area (Å²) < 4.78 is 6.28. The van der Waals surface area contributed by atoms with Gasteiger partial charge >= 0.3 is 0 Å². The van der Waals surface area contributed by atoms with Crippen molar-refractivity contribution in [2.45, 2.75) is 70.2 Å². The van der Waals surface area contributed by atoms with Crippen molar-refractivity contribution in [1.82, 2.24) is 20.4 Å². The number of para-hydroxylation sites is 1. The number of carbonyl (C=O) groups excluding carboxylic acids is 3. The van der Waals surface area contributed by atoms with Crippen LogP contribution >= 0.6 is 0 Å². The highest BCUT2D eigenvalue weighted by atomic mass is 16.5. The van der Waals surface area contributed by atoms with Gasteiger partial charge in [-0.25, -0.2) is 0 Å². The normalized spacial score (nSPS) is 25.9. The summed E-state index contributed by atoms with van der Waals surface area (Å²) in [5.41, 5.74) is 1.87. The van der Waals surface area contributed by atoms with E-state index < -0.39 is 18.1 Å². The van der Waals surface area contributed by atoms with E-state index in [0.717, 1.165) is 42.6 Å². The van der Waals surface area contributed by atoms with Crippen LogP contribution in [0.2, 0.25) is 0 Å². The third-order valence-electron chi connectivity index (χ3n) is 7.90. The summed E-state index contributed by atoms with van der Waals surface area (Å²) in [6, 6.07) is 12.5. The number of phenols is 1. The Morgan fingerprint density at radius 3 is 2.38 bits per heavy atom. The van der Waals surface area contributed by atoms with Gasteiger partial charge in [0.05, 0.1) is 6.04 Å². The lowest BCUT2D eigenvalue weighted by molar-refractivity contribution is -0.142. The molecule has 1 aliphatic heterocycles. The molecule has 4 atom stereocenters. The molecule has 3 amide bonds. The van der Waals surface area contributed by atoms with Crippen molar-refractivity contribution in [2.24, 2.45) is 5.92 Å². The fourth-order valence-electron chi connectivity index (χ4n) is 5.09. The van der Waals surface area contributed by atoms with E-state index >= 15 is 0 Å². The number of carbonyl (C=O) groups is 3. The van der Waals surface area contributed by atoms with Crippen molar-refractivity contribution < 1.29 is 24.2 Å². The van der Waals surface area contributed by atoms with Gasteiger partial charge in [0, 0.05) is 33.6 Å². The predicted octanol–water partition coefficient (Wildman–Crippen LogP) is 2.51. The van der Waals surface area contributed by atoms with Gasteiger partial charge in [0.15, 0.2) is 0 Å². The van der Waals surface area contributed by atoms with Crippen LogP contribution in [0.4, 0.5) is 0 Å². The number of hydrogen-bond donors (Lipinski definition) is 3. The van der Waals surface area contributed by atoms with Crippen LogP contribution in [-0.4, -0.2) is 84.0 Å². The van der Waals surface area contributed by atoms with Crippen LogP contribution in [0.5, 0.6) is 11.5 Å². The molecule has 0 aromatic heterocycles. The van der Waals surface area contributed by atoms with Crippen molar-refractivity contribution in [3.8, 4) is 11.5 Å². The van der Waals surface area contributed by atoms with Gasteiger partial charge in [0.25, 0.3) is 0 Å². The van der Waals surface area contributed by atoms with E-state index in [1.54, 1.807) is 50.2 Å². The SMILES string of the molecule is C[C@@H]1CN[C@@H](C2CC2)C(=O)N(C)[C@H](C)C(=O)N[C@H](Cc2ccc(O)cc2)C(=O)N(C)CCCc2ccccc2O1. The molecule has 2 aromatic carbocycles. The summed E-state index contributed by atoms with van der Waals surface area (Å²) in [4.78, 5) is 43.7. The highest BCUT2D eigenvalue weighted by Gasteiger charge is 2.39. The maximum absolute atomic E-state index is 13.6. The molecular formula is C31H42N4O5. The van der Waals surface area contributed by atoms with Crippen molar-refractivity contribution in [1.29, 1.82) is 0 Å². The Balaban J connectivity index is 1.60. The van der Waals surface area contributed by atoms with Crippen molar-refractivity contribution in [2.75, 3.05) is 27.2 Å². The van der Waals surface area contributed by atoms with E-state index in [1.807, 2.05) is 31.2 Å². The molecule has 0 bridgehead atoms. The Bertz CT molecular complexity index is 1180. The first-order chi connectivity index (χ1) is 19.1. The molecule has 0 saturated heterocycles. The minimum atomic E-state index is -0.819. The van der Waals surface area contributed by atoms with Crippen LogP contribution < -0.4 is 15.4 Å². The molecule has 1 heterocycles. The number of nitrogens with one attached hydrogen (secondary N) is 2.